The summed E-state index contributed by atoms with van der Waals surface area (Å²) in [6, 6.07) is 28.6. The molecule has 0 N–H and O–H groups in total. The van der Waals surface area contributed by atoms with Crippen LogP contribution >= 0.6 is 31.9 Å². The van der Waals surface area contributed by atoms with Gasteiger partial charge in [0, 0.05) is 63.5 Å². The van der Waals surface area contributed by atoms with Crippen LogP contribution in [-0.4, -0.2) is 30.1 Å². The lowest BCUT2D eigenvalue weighted by Gasteiger charge is -2.31. The van der Waals surface area contributed by atoms with Crippen LogP contribution in [0.15, 0.2) is 93.9 Å². The van der Waals surface area contributed by atoms with Crippen molar-refractivity contribution in [1.29, 1.82) is 0 Å². The monoisotopic (exact) mass is 736 g/mol. The van der Waals surface area contributed by atoms with Gasteiger partial charge < -0.3 is 13.3 Å². The topological polar surface area (TPSA) is 27.7 Å². The minimum absolute atomic E-state index is 0.0841. The molecule has 0 saturated heterocycles. The molecule has 1 atom stereocenters. The fraction of sp³-hybridized carbons (Fsp3) is 0.231. The standard InChI is InChI=1S/C39H34Br2O3Si/c1-38(2)27-39(3,35-33(38)22-21-31(37(35)41)19-17-28-13-9-7-10-14-28)34-26-30(23-24-45(42-4,43-5)44-6)25-32(36(34)40)20-18-29-15-11-8-12-16-29/h7-16,21-22,25-26H,27H2,1-6H3. The molecule has 0 fully saturated rings. The summed E-state index contributed by atoms with van der Waals surface area (Å²) in [7, 11) is 1.55. The number of benzene rings is 4. The Hall–Kier alpha value is -3.38. The number of hydrogen-bond acceptors (Lipinski definition) is 3. The summed E-state index contributed by atoms with van der Waals surface area (Å²) in [5, 5.41) is 0. The maximum atomic E-state index is 5.59. The fourth-order valence-corrected chi connectivity index (χ4v) is 8.89. The first-order valence-corrected chi connectivity index (χ1v) is 17.9. The molecule has 4 aromatic carbocycles. The molecule has 0 saturated carbocycles. The van der Waals surface area contributed by atoms with E-state index < -0.39 is 8.80 Å². The van der Waals surface area contributed by atoms with Crippen molar-refractivity contribution in [1.82, 2.24) is 0 Å². The third-order valence-electron chi connectivity index (χ3n) is 8.28. The van der Waals surface area contributed by atoms with Crippen molar-refractivity contribution in [2.75, 3.05) is 21.3 Å². The molecule has 45 heavy (non-hydrogen) atoms. The molecular weight excluding hydrogens is 704 g/mol. The van der Waals surface area contributed by atoms with E-state index in [1.165, 1.54) is 11.1 Å². The van der Waals surface area contributed by atoms with Crippen molar-refractivity contribution < 1.29 is 13.3 Å². The van der Waals surface area contributed by atoms with Crippen LogP contribution in [0.4, 0.5) is 0 Å². The summed E-state index contributed by atoms with van der Waals surface area (Å²) >= 11 is 8.02. The highest BCUT2D eigenvalue weighted by Gasteiger charge is 2.48. The second kappa shape index (κ2) is 13.5. The Balaban J connectivity index is 1.73. The van der Waals surface area contributed by atoms with Crippen LogP contribution in [0.2, 0.25) is 0 Å². The molecule has 226 valence electrons. The molecule has 5 rings (SSSR count). The molecule has 0 amide bonds. The molecule has 0 heterocycles. The first-order chi connectivity index (χ1) is 21.6. The van der Waals surface area contributed by atoms with Gasteiger partial charge in [-0.3, -0.25) is 0 Å². The Morgan fingerprint density at radius 1 is 0.600 bits per heavy atom. The normalized spacial score (nSPS) is 16.4. The lowest BCUT2D eigenvalue weighted by molar-refractivity contribution is 0.141. The molecule has 0 aliphatic heterocycles. The maximum Gasteiger partial charge on any atom is 0.591 e. The highest BCUT2D eigenvalue weighted by molar-refractivity contribution is 9.11. The van der Waals surface area contributed by atoms with E-state index in [2.05, 4.69) is 106 Å². The summed E-state index contributed by atoms with van der Waals surface area (Å²) in [6.45, 7) is 6.93. The molecule has 0 bridgehead atoms. The van der Waals surface area contributed by atoms with Gasteiger partial charge in [-0.1, -0.05) is 92.8 Å². The maximum absolute atomic E-state index is 5.59. The molecule has 1 unspecified atom stereocenters. The molecule has 3 nitrogen and oxygen atoms in total. The van der Waals surface area contributed by atoms with Crippen LogP contribution in [0.3, 0.4) is 0 Å². The number of hydrogen-bond donors (Lipinski definition) is 0. The van der Waals surface area contributed by atoms with Gasteiger partial charge >= 0.3 is 8.80 Å². The average molecular weight is 739 g/mol. The van der Waals surface area contributed by atoms with Gasteiger partial charge in [0.2, 0.25) is 0 Å². The van der Waals surface area contributed by atoms with Gasteiger partial charge in [-0.2, -0.15) is 0 Å². The van der Waals surface area contributed by atoms with Crippen LogP contribution < -0.4 is 0 Å². The molecule has 0 spiro atoms. The van der Waals surface area contributed by atoms with Gasteiger partial charge in [-0.25, -0.2) is 0 Å². The van der Waals surface area contributed by atoms with E-state index in [1.807, 2.05) is 66.7 Å². The molecule has 0 aromatic heterocycles. The quantitative estimate of drug-likeness (QED) is 0.155. The highest BCUT2D eigenvalue weighted by atomic mass is 79.9. The number of halogens is 2. The van der Waals surface area contributed by atoms with E-state index in [-0.39, 0.29) is 10.8 Å². The van der Waals surface area contributed by atoms with Crippen molar-refractivity contribution >= 4 is 40.7 Å². The zero-order valence-corrected chi connectivity index (χ0v) is 30.4. The largest absolute Gasteiger partial charge is 0.591 e. The van der Waals surface area contributed by atoms with Crippen LogP contribution in [0.25, 0.3) is 0 Å². The minimum Gasteiger partial charge on any atom is -0.367 e. The minimum atomic E-state index is -3.14. The van der Waals surface area contributed by atoms with Gasteiger partial charge in [0.1, 0.15) is 0 Å². The zero-order valence-electron chi connectivity index (χ0n) is 26.3. The Kier molecular flexibility index (Phi) is 9.93. The van der Waals surface area contributed by atoms with Gasteiger partial charge in [-0.15, -0.1) is 0 Å². The van der Waals surface area contributed by atoms with Gasteiger partial charge in [0.05, 0.1) is 0 Å². The Labute approximate surface area is 285 Å². The van der Waals surface area contributed by atoms with E-state index in [0.717, 1.165) is 48.7 Å². The second-order valence-corrected chi connectivity index (χ2v) is 16.0. The summed E-state index contributed by atoms with van der Waals surface area (Å²) in [5.41, 5.74) is 10.9. The summed E-state index contributed by atoms with van der Waals surface area (Å²) in [4.78, 5) is 0. The summed E-state index contributed by atoms with van der Waals surface area (Å²) < 4.78 is 18.7. The van der Waals surface area contributed by atoms with E-state index >= 15 is 0 Å². The van der Waals surface area contributed by atoms with Crippen molar-refractivity contribution in [2.24, 2.45) is 0 Å². The van der Waals surface area contributed by atoms with Crippen LogP contribution in [0.5, 0.6) is 0 Å². The predicted octanol–water partition coefficient (Wildman–Crippen LogP) is 8.77. The van der Waals surface area contributed by atoms with Crippen LogP contribution in [-0.2, 0) is 24.1 Å². The summed E-state index contributed by atoms with van der Waals surface area (Å²) in [6.07, 6.45) is 0.886. The molecular formula is C39H34Br2O3Si. The van der Waals surface area contributed by atoms with Gasteiger partial charge in [-0.05, 0) is 108 Å². The summed E-state index contributed by atoms with van der Waals surface area (Å²) in [5.74, 6) is 16.8. The SMILES string of the molecule is CO[Si](C#Cc1cc(C#Cc2ccccc2)c(Br)c(C2(C)CC(C)(C)c3ccc(C#Cc4ccccc4)c(Br)c32)c1)(OC)OC. The molecule has 1 aliphatic rings. The Morgan fingerprint density at radius 2 is 1.16 bits per heavy atom. The Morgan fingerprint density at radius 3 is 1.71 bits per heavy atom. The van der Waals surface area contributed by atoms with Gasteiger partial charge in [0.25, 0.3) is 0 Å². The van der Waals surface area contributed by atoms with E-state index in [9.17, 15) is 0 Å². The lowest BCUT2D eigenvalue weighted by atomic mass is 9.74. The van der Waals surface area contributed by atoms with E-state index in [1.54, 1.807) is 21.3 Å². The molecule has 6 heteroatoms. The van der Waals surface area contributed by atoms with Crippen LogP contribution in [0, 0.1) is 35.1 Å². The molecule has 4 aromatic rings. The van der Waals surface area contributed by atoms with Crippen LogP contribution in [0.1, 0.15) is 71.7 Å². The Bertz CT molecular complexity index is 1910. The van der Waals surface area contributed by atoms with Crippen molar-refractivity contribution in [3.63, 3.8) is 0 Å². The molecule has 1 aliphatic carbocycles. The third kappa shape index (κ3) is 6.77. The lowest BCUT2D eigenvalue weighted by Crippen LogP contribution is -2.41. The molecule has 0 radical (unpaired) electrons. The van der Waals surface area contributed by atoms with Gasteiger partial charge in [0.15, 0.2) is 0 Å². The predicted molar refractivity (Wildman–Crippen MR) is 191 cm³/mol. The number of rotatable bonds is 4. The highest BCUT2D eigenvalue weighted by Crippen LogP contribution is 2.57. The fourth-order valence-electron chi connectivity index (χ4n) is 6.14. The average Bonchev–Trinajstić information content (AvgIpc) is 3.27. The third-order valence-corrected chi connectivity index (χ3v) is 12.0. The number of fused-ring (bicyclic) bond motifs is 1. The zero-order chi connectivity index (χ0) is 32.2. The van der Waals surface area contributed by atoms with Crippen molar-refractivity contribution in [3.8, 4) is 35.1 Å². The van der Waals surface area contributed by atoms with Crippen molar-refractivity contribution in [2.45, 2.75) is 38.0 Å². The first-order valence-electron chi connectivity index (χ1n) is 14.6. The van der Waals surface area contributed by atoms with E-state index in [4.69, 9.17) is 13.3 Å². The van der Waals surface area contributed by atoms with E-state index in [0.29, 0.717) is 0 Å². The second-order valence-electron chi connectivity index (χ2n) is 11.8. The first kappa shape index (κ1) is 33.0. The smallest absolute Gasteiger partial charge is 0.367 e. The van der Waals surface area contributed by atoms with Crippen molar-refractivity contribution in [3.05, 3.63) is 138 Å².